The molecule has 8 nitrogen and oxygen atoms in total. The Hall–Kier alpha value is -3.93. The highest BCUT2D eigenvalue weighted by Crippen LogP contribution is 2.34. The molecule has 6 rings (SSSR count). The predicted molar refractivity (Wildman–Crippen MR) is 142 cm³/mol. The lowest BCUT2D eigenvalue weighted by Gasteiger charge is -2.29. The second-order valence-electron chi connectivity index (χ2n) is 9.52. The van der Waals surface area contributed by atoms with Gasteiger partial charge in [-0.3, -0.25) is 0 Å². The molecule has 1 N–H and O–H groups in total. The number of aromatic amines is 1. The first-order valence-corrected chi connectivity index (χ1v) is 12.8. The first-order chi connectivity index (χ1) is 18.2. The van der Waals surface area contributed by atoms with Crippen molar-refractivity contribution >= 4 is 16.7 Å². The smallest absolute Gasteiger partial charge is 0.141 e. The highest BCUT2D eigenvalue weighted by Gasteiger charge is 2.19. The molecule has 0 aliphatic carbocycles. The fourth-order valence-electron chi connectivity index (χ4n) is 5.12. The monoisotopic (exact) mass is 495 g/mol. The van der Waals surface area contributed by atoms with Gasteiger partial charge in [0.25, 0.3) is 0 Å². The molecule has 4 heterocycles. The minimum absolute atomic E-state index is 0.0718. The zero-order valence-corrected chi connectivity index (χ0v) is 20.9. The Bertz CT molecular complexity index is 1460. The molecule has 8 heteroatoms. The van der Waals surface area contributed by atoms with E-state index in [2.05, 4.69) is 57.1 Å². The molecule has 2 fully saturated rings. The number of nitrogens with one attached hydrogen (secondary N) is 1. The van der Waals surface area contributed by atoms with E-state index in [9.17, 15) is 5.26 Å². The number of hydrogen-bond donors (Lipinski definition) is 1. The lowest BCUT2D eigenvalue weighted by Crippen LogP contribution is -2.36. The van der Waals surface area contributed by atoms with Crippen LogP contribution in [0.4, 0.5) is 5.69 Å². The van der Waals surface area contributed by atoms with Crippen molar-refractivity contribution in [3.8, 4) is 34.3 Å². The van der Waals surface area contributed by atoms with Crippen LogP contribution >= 0.6 is 0 Å². The maximum atomic E-state index is 9.83. The van der Waals surface area contributed by atoms with Crippen LogP contribution in [0.25, 0.3) is 33.5 Å². The standard InChI is InChI=1S/C29H29N5O3/c1-19-14-22(34-8-12-36-13-9-34)3-4-24(19)26-16-25-28(31-18-32-29(25)33-26)20-2-5-27(21(15-20)17-30)37-23-6-10-35-11-7-23/h2-5,14-16,18,23H,6-13H2,1H3,(H,31,32,33). The highest BCUT2D eigenvalue weighted by molar-refractivity contribution is 5.94. The summed E-state index contributed by atoms with van der Waals surface area (Å²) in [5.74, 6) is 0.606. The van der Waals surface area contributed by atoms with Crippen LogP contribution in [-0.4, -0.2) is 60.6 Å². The Kier molecular flexibility index (Phi) is 6.47. The molecule has 0 bridgehead atoms. The van der Waals surface area contributed by atoms with Gasteiger partial charge in [0, 0.05) is 53.8 Å². The van der Waals surface area contributed by atoms with Gasteiger partial charge in [-0.2, -0.15) is 5.26 Å². The SMILES string of the molecule is Cc1cc(N2CCOCC2)ccc1-c1cc2c(-c3ccc(OC4CCOCC4)c(C#N)c3)ncnc2[nH]1. The normalized spacial score (nSPS) is 16.6. The van der Waals surface area contributed by atoms with Crippen LogP contribution in [0.3, 0.4) is 0 Å². The molecule has 2 aliphatic rings. The largest absolute Gasteiger partial charge is 0.489 e. The molecule has 0 radical (unpaired) electrons. The number of H-pyrrole nitrogens is 1. The van der Waals surface area contributed by atoms with Crippen molar-refractivity contribution in [2.75, 3.05) is 44.4 Å². The van der Waals surface area contributed by atoms with E-state index < -0.39 is 0 Å². The third-order valence-electron chi connectivity index (χ3n) is 7.14. The molecule has 37 heavy (non-hydrogen) atoms. The van der Waals surface area contributed by atoms with Gasteiger partial charge in [-0.1, -0.05) is 6.07 Å². The molecule has 0 unspecified atom stereocenters. The zero-order chi connectivity index (χ0) is 25.2. The molecular formula is C29H29N5O3. The van der Waals surface area contributed by atoms with E-state index in [1.165, 1.54) is 11.3 Å². The number of nitriles is 1. The van der Waals surface area contributed by atoms with Crippen molar-refractivity contribution in [2.45, 2.75) is 25.9 Å². The van der Waals surface area contributed by atoms with Gasteiger partial charge in [-0.05, 0) is 48.9 Å². The third kappa shape index (κ3) is 4.76. The maximum absolute atomic E-state index is 9.83. The number of hydrogen-bond acceptors (Lipinski definition) is 7. The minimum Gasteiger partial charge on any atom is -0.489 e. The summed E-state index contributed by atoms with van der Waals surface area (Å²) in [5, 5.41) is 10.7. The molecular weight excluding hydrogens is 466 g/mol. The van der Waals surface area contributed by atoms with Crippen molar-refractivity contribution < 1.29 is 14.2 Å². The quantitative estimate of drug-likeness (QED) is 0.422. The molecule has 2 aromatic heterocycles. The van der Waals surface area contributed by atoms with Gasteiger partial charge in [-0.15, -0.1) is 0 Å². The molecule has 0 amide bonds. The fraction of sp³-hybridized carbons (Fsp3) is 0.345. The average molecular weight is 496 g/mol. The van der Waals surface area contributed by atoms with Crippen molar-refractivity contribution in [2.24, 2.45) is 0 Å². The lowest BCUT2D eigenvalue weighted by atomic mass is 10.0. The summed E-state index contributed by atoms with van der Waals surface area (Å²) in [4.78, 5) is 14.9. The summed E-state index contributed by atoms with van der Waals surface area (Å²) >= 11 is 0. The zero-order valence-electron chi connectivity index (χ0n) is 20.9. The van der Waals surface area contributed by atoms with Gasteiger partial charge >= 0.3 is 0 Å². The van der Waals surface area contributed by atoms with Crippen LogP contribution in [0.15, 0.2) is 48.8 Å². The van der Waals surface area contributed by atoms with Crippen molar-refractivity contribution in [1.29, 1.82) is 5.26 Å². The second kappa shape index (κ2) is 10.2. The van der Waals surface area contributed by atoms with Crippen molar-refractivity contribution in [1.82, 2.24) is 15.0 Å². The Morgan fingerprint density at radius 1 is 1.00 bits per heavy atom. The van der Waals surface area contributed by atoms with Gasteiger partial charge in [-0.25, -0.2) is 9.97 Å². The Balaban J connectivity index is 1.31. The predicted octanol–water partition coefficient (Wildman–Crippen LogP) is 4.87. The topological polar surface area (TPSA) is 96.3 Å². The van der Waals surface area contributed by atoms with Crippen LogP contribution < -0.4 is 9.64 Å². The molecule has 2 aliphatic heterocycles. The number of aryl methyl sites for hydroxylation is 1. The summed E-state index contributed by atoms with van der Waals surface area (Å²) in [6.07, 6.45) is 3.30. The van der Waals surface area contributed by atoms with Gasteiger partial charge in [0.15, 0.2) is 0 Å². The number of nitrogens with zero attached hydrogens (tertiary/aromatic N) is 4. The van der Waals surface area contributed by atoms with E-state index in [0.717, 1.165) is 72.7 Å². The van der Waals surface area contributed by atoms with E-state index in [0.29, 0.717) is 24.5 Å². The van der Waals surface area contributed by atoms with E-state index in [1.54, 1.807) is 6.33 Å². The first-order valence-electron chi connectivity index (χ1n) is 12.8. The molecule has 0 spiro atoms. The number of aromatic nitrogens is 3. The molecule has 2 aromatic carbocycles. The average Bonchev–Trinajstić information content (AvgIpc) is 3.38. The summed E-state index contributed by atoms with van der Waals surface area (Å²) < 4.78 is 17.0. The molecule has 2 saturated heterocycles. The maximum Gasteiger partial charge on any atom is 0.141 e. The van der Waals surface area contributed by atoms with Gasteiger partial charge in [0.1, 0.15) is 29.9 Å². The number of fused-ring (bicyclic) bond motifs is 1. The van der Waals surface area contributed by atoms with E-state index in [4.69, 9.17) is 14.2 Å². The minimum atomic E-state index is 0.0718. The van der Waals surface area contributed by atoms with Gasteiger partial charge < -0.3 is 24.1 Å². The Morgan fingerprint density at radius 2 is 1.81 bits per heavy atom. The van der Waals surface area contributed by atoms with E-state index in [-0.39, 0.29) is 6.10 Å². The van der Waals surface area contributed by atoms with E-state index >= 15 is 0 Å². The number of anilines is 1. The Labute approximate surface area is 215 Å². The van der Waals surface area contributed by atoms with Crippen LogP contribution in [-0.2, 0) is 9.47 Å². The first kappa shape index (κ1) is 23.5. The summed E-state index contributed by atoms with van der Waals surface area (Å²) in [5.41, 5.74) is 7.41. The molecule has 4 aromatic rings. The molecule has 0 atom stereocenters. The van der Waals surface area contributed by atoms with Gasteiger partial charge in [0.2, 0.25) is 0 Å². The molecule has 0 saturated carbocycles. The van der Waals surface area contributed by atoms with Crippen LogP contribution in [0.5, 0.6) is 5.75 Å². The highest BCUT2D eigenvalue weighted by atomic mass is 16.5. The number of rotatable bonds is 5. The summed E-state index contributed by atoms with van der Waals surface area (Å²) in [6, 6.07) is 16.6. The Morgan fingerprint density at radius 3 is 2.59 bits per heavy atom. The van der Waals surface area contributed by atoms with E-state index in [1.807, 2.05) is 18.2 Å². The number of ether oxygens (including phenoxy) is 3. The fourth-order valence-corrected chi connectivity index (χ4v) is 5.12. The van der Waals surface area contributed by atoms with Crippen molar-refractivity contribution in [3.05, 3.63) is 59.9 Å². The van der Waals surface area contributed by atoms with Gasteiger partial charge in [0.05, 0.1) is 37.7 Å². The number of morpholine rings is 1. The lowest BCUT2D eigenvalue weighted by molar-refractivity contribution is 0.0254. The van der Waals surface area contributed by atoms with Crippen LogP contribution in [0.1, 0.15) is 24.0 Å². The third-order valence-corrected chi connectivity index (χ3v) is 7.14. The summed E-state index contributed by atoms with van der Waals surface area (Å²) in [7, 11) is 0. The summed E-state index contributed by atoms with van der Waals surface area (Å²) in [6.45, 7) is 6.86. The molecule has 188 valence electrons. The second-order valence-corrected chi connectivity index (χ2v) is 9.52. The van der Waals surface area contributed by atoms with Crippen LogP contribution in [0.2, 0.25) is 0 Å². The van der Waals surface area contributed by atoms with Crippen LogP contribution in [0, 0.1) is 18.3 Å². The van der Waals surface area contributed by atoms with Crippen molar-refractivity contribution in [3.63, 3.8) is 0 Å². The number of benzene rings is 2.